The highest BCUT2D eigenvalue weighted by molar-refractivity contribution is 5.86. The minimum absolute atomic E-state index is 0.00626. The molecule has 0 bridgehead atoms. The lowest BCUT2D eigenvalue weighted by atomic mass is 10.2. The van der Waals surface area contributed by atoms with Gasteiger partial charge in [-0.3, -0.25) is 4.68 Å². The summed E-state index contributed by atoms with van der Waals surface area (Å²) >= 11 is 0. The fourth-order valence-corrected chi connectivity index (χ4v) is 1.96. The summed E-state index contributed by atoms with van der Waals surface area (Å²) in [6.45, 7) is 0.992. The van der Waals surface area contributed by atoms with E-state index in [1.807, 2.05) is 13.2 Å². The Labute approximate surface area is 116 Å². The van der Waals surface area contributed by atoms with Crippen LogP contribution in [-0.4, -0.2) is 49.6 Å². The lowest BCUT2D eigenvalue weighted by Gasteiger charge is -2.05. The van der Waals surface area contributed by atoms with Gasteiger partial charge in [-0.2, -0.15) is 5.10 Å². The summed E-state index contributed by atoms with van der Waals surface area (Å²) in [5.74, 6) is -1.07. The van der Waals surface area contributed by atoms with E-state index in [0.29, 0.717) is 25.3 Å². The van der Waals surface area contributed by atoms with Crippen molar-refractivity contribution in [2.75, 3.05) is 13.7 Å². The van der Waals surface area contributed by atoms with Crippen LogP contribution in [0.5, 0.6) is 0 Å². The number of ether oxygens (including phenoxy) is 1. The fraction of sp³-hybridized carbons (Fsp3) is 0.500. The minimum atomic E-state index is -1.07. The van der Waals surface area contributed by atoms with Gasteiger partial charge in [0.25, 0.3) is 0 Å². The first-order chi connectivity index (χ1) is 9.61. The van der Waals surface area contributed by atoms with E-state index < -0.39 is 5.97 Å². The zero-order valence-electron chi connectivity index (χ0n) is 11.5. The van der Waals surface area contributed by atoms with Crippen molar-refractivity contribution >= 4 is 5.97 Å². The minimum Gasteiger partial charge on any atom is -0.476 e. The molecule has 0 saturated heterocycles. The Balaban J connectivity index is 2.11. The maximum Gasteiger partial charge on any atom is 0.358 e. The molecule has 0 fully saturated rings. The first-order valence-corrected chi connectivity index (χ1v) is 6.24. The molecule has 0 aromatic carbocycles. The van der Waals surface area contributed by atoms with Crippen molar-refractivity contribution in [3.05, 3.63) is 29.3 Å². The number of carbonyl (C=O) groups is 1. The Bertz CT molecular complexity index is 590. The number of rotatable bonds is 7. The van der Waals surface area contributed by atoms with Gasteiger partial charge in [-0.1, -0.05) is 5.21 Å². The van der Waals surface area contributed by atoms with Gasteiger partial charge < -0.3 is 9.84 Å². The predicted octanol–water partition coefficient (Wildman–Crippen LogP) is 0.141. The SMILES string of the molecule is COCCc1c(C(=O)O)nnn1CCc1cnn(C)c1. The number of carboxylic acids is 1. The molecule has 20 heavy (non-hydrogen) atoms. The second-order valence-corrected chi connectivity index (χ2v) is 4.43. The van der Waals surface area contributed by atoms with Crippen molar-refractivity contribution in [1.82, 2.24) is 24.8 Å². The third-order valence-electron chi connectivity index (χ3n) is 2.95. The average molecular weight is 279 g/mol. The van der Waals surface area contributed by atoms with Crippen LogP contribution in [-0.2, 0) is 31.2 Å². The highest BCUT2D eigenvalue weighted by atomic mass is 16.5. The van der Waals surface area contributed by atoms with Crippen LogP contribution in [0.2, 0.25) is 0 Å². The summed E-state index contributed by atoms with van der Waals surface area (Å²) in [7, 11) is 3.43. The number of hydrogen-bond acceptors (Lipinski definition) is 5. The van der Waals surface area contributed by atoms with Crippen molar-refractivity contribution in [3.63, 3.8) is 0 Å². The van der Waals surface area contributed by atoms with Crippen LogP contribution >= 0.6 is 0 Å². The van der Waals surface area contributed by atoms with Crippen LogP contribution in [0.4, 0.5) is 0 Å². The summed E-state index contributed by atoms with van der Waals surface area (Å²) in [4.78, 5) is 11.1. The topological polar surface area (TPSA) is 95.1 Å². The lowest BCUT2D eigenvalue weighted by Crippen LogP contribution is -2.12. The quantitative estimate of drug-likeness (QED) is 0.774. The number of aryl methyl sites for hydroxylation is 3. The van der Waals surface area contributed by atoms with Crippen LogP contribution in [0.3, 0.4) is 0 Å². The van der Waals surface area contributed by atoms with Crippen molar-refractivity contribution in [3.8, 4) is 0 Å². The van der Waals surface area contributed by atoms with E-state index in [2.05, 4.69) is 15.4 Å². The summed E-state index contributed by atoms with van der Waals surface area (Å²) in [5.41, 5.74) is 1.65. The van der Waals surface area contributed by atoms with Gasteiger partial charge in [0.05, 0.1) is 18.5 Å². The fourth-order valence-electron chi connectivity index (χ4n) is 1.96. The molecule has 8 heteroatoms. The maximum atomic E-state index is 11.1. The second kappa shape index (κ2) is 6.29. The van der Waals surface area contributed by atoms with Crippen LogP contribution in [0.15, 0.2) is 12.4 Å². The second-order valence-electron chi connectivity index (χ2n) is 4.43. The molecule has 0 aliphatic heterocycles. The zero-order chi connectivity index (χ0) is 14.5. The molecule has 2 heterocycles. The smallest absolute Gasteiger partial charge is 0.358 e. The van der Waals surface area contributed by atoms with Gasteiger partial charge in [0.2, 0.25) is 0 Å². The third kappa shape index (κ3) is 3.21. The molecule has 8 nitrogen and oxygen atoms in total. The van der Waals surface area contributed by atoms with Crippen molar-refractivity contribution in [1.29, 1.82) is 0 Å². The molecular formula is C12H17N5O3. The Morgan fingerprint density at radius 1 is 1.45 bits per heavy atom. The Morgan fingerprint density at radius 2 is 2.25 bits per heavy atom. The number of hydrogen-bond donors (Lipinski definition) is 1. The summed E-state index contributed by atoms with van der Waals surface area (Å²) in [6.07, 6.45) is 4.89. The number of carboxylic acid groups (broad SMARTS) is 1. The highest BCUT2D eigenvalue weighted by Crippen LogP contribution is 2.09. The molecule has 0 aliphatic carbocycles. The molecule has 108 valence electrons. The van der Waals surface area contributed by atoms with E-state index in [-0.39, 0.29) is 5.69 Å². The molecule has 2 rings (SSSR count). The predicted molar refractivity (Wildman–Crippen MR) is 69.5 cm³/mol. The summed E-state index contributed by atoms with van der Waals surface area (Å²) in [6, 6.07) is 0. The van der Waals surface area contributed by atoms with Gasteiger partial charge in [0.1, 0.15) is 0 Å². The number of aromatic carboxylic acids is 1. The van der Waals surface area contributed by atoms with E-state index >= 15 is 0 Å². The first kappa shape index (κ1) is 14.2. The van der Waals surface area contributed by atoms with Gasteiger partial charge in [-0.05, 0) is 12.0 Å². The van der Waals surface area contributed by atoms with Crippen molar-refractivity contribution in [2.45, 2.75) is 19.4 Å². The molecule has 2 aromatic rings. The molecule has 0 aliphatic rings. The molecule has 0 atom stereocenters. The van der Waals surface area contributed by atoms with Gasteiger partial charge in [0.15, 0.2) is 5.69 Å². The Kier molecular flexibility index (Phi) is 4.46. The summed E-state index contributed by atoms with van der Waals surface area (Å²) < 4.78 is 8.34. The number of aromatic nitrogens is 5. The van der Waals surface area contributed by atoms with Gasteiger partial charge >= 0.3 is 5.97 Å². The molecule has 0 spiro atoms. The molecule has 1 N–H and O–H groups in total. The van der Waals surface area contributed by atoms with Crippen LogP contribution in [0.1, 0.15) is 21.7 Å². The van der Waals surface area contributed by atoms with Crippen molar-refractivity contribution in [2.24, 2.45) is 7.05 Å². The first-order valence-electron chi connectivity index (χ1n) is 6.24. The van der Waals surface area contributed by atoms with E-state index in [0.717, 1.165) is 12.0 Å². The standard InChI is InChI=1S/C12H17N5O3/c1-16-8-9(7-13-16)3-5-17-10(4-6-20-2)11(12(18)19)14-15-17/h7-8H,3-6H2,1-2H3,(H,18,19). The Morgan fingerprint density at radius 3 is 2.85 bits per heavy atom. The van der Waals surface area contributed by atoms with Gasteiger partial charge in [-0.15, -0.1) is 5.10 Å². The number of nitrogens with zero attached hydrogens (tertiary/aromatic N) is 5. The molecule has 0 radical (unpaired) electrons. The van der Waals surface area contributed by atoms with E-state index in [1.54, 1.807) is 22.7 Å². The Hall–Kier alpha value is -2.22. The maximum absolute atomic E-state index is 11.1. The molecule has 2 aromatic heterocycles. The largest absolute Gasteiger partial charge is 0.476 e. The molecule has 0 saturated carbocycles. The monoisotopic (exact) mass is 279 g/mol. The van der Waals surface area contributed by atoms with Crippen LogP contribution in [0.25, 0.3) is 0 Å². The van der Waals surface area contributed by atoms with Gasteiger partial charge in [-0.25, -0.2) is 9.48 Å². The normalized spacial score (nSPS) is 10.9. The summed E-state index contributed by atoms with van der Waals surface area (Å²) in [5, 5.41) is 20.8. The number of methoxy groups -OCH3 is 1. The molecule has 0 unspecified atom stereocenters. The van der Waals surface area contributed by atoms with Crippen LogP contribution < -0.4 is 0 Å². The highest BCUT2D eigenvalue weighted by Gasteiger charge is 2.18. The third-order valence-corrected chi connectivity index (χ3v) is 2.95. The molecule has 0 amide bonds. The lowest BCUT2D eigenvalue weighted by molar-refractivity contribution is 0.0688. The van der Waals surface area contributed by atoms with E-state index in [4.69, 9.17) is 9.84 Å². The molecular weight excluding hydrogens is 262 g/mol. The zero-order valence-corrected chi connectivity index (χ0v) is 11.5. The average Bonchev–Trinajstić information content (AvgIpc) is 3.00. The van der Waals surface area contributed by atoms with E-state index in [1.165, 1.54) is 0 Å². The van der Waals surface area contributed by atoms with E-state index in [9.17, 15) is 4.79 Å². The van der Waals surface area contributed by atoms with Crippen LogP contribution in [0, 0.1) is 0 Å². The van der Waals surface area contributed by atoms with Crippen molar-refractivity contribution < 1.29 is 14.6 Å². The van der Waals surface area contributed by atoms with Gasteiger partial charge in [0, 0.05) is 33.3 Å².